The molecule has 0 aromatic carbocycles. The van der Waals surface area contributed by atoms with Gasteiger partial charge in [-0.2, -0.15) is 0 Å². The van der Waals surface area contributed by atoms with Gasteiger partial charge in [-0.25, -0.2) is 15.0 Å². The third-order valence-electron chi connectivity index (χ3n) is 5.04. The second kappa shape index (κ2) is 9.71. The molecule has 1 aliphatic heterocycles. The van der Waals surface area contributed by atoms with Crippen LogP contribution in [-0.4, -0.2) is 26.1 Å². The molecular weight excluding hydrogens is 404 g/mol. The zero-order chi connectivity index (χ0) is 20.1. The lowest BCUT2D eigenvalue weighted by atomic mass is 10.2. The van der Waals surface area contributed by atoms with Gasteiger partial charge in [-0.3, -0.25) is 4.57 Å². The van der Waals surface area contributed by atoms with Crippen molar-refractivity contribution in [3.8, 4) is 22.5 Å². The summed E-state index contributed by atoms with van der Waals surface area (Å²) in [5.41, 5.74) is 1.31. The Morgan fingerprint density at radius 3 is 2.93 bits per heavy atom. The Balaban J connectivity index is 1.72. The zero-order valence-corrected chi connectivity index (χ0v) is 18.2. The molecule has 0 amide bonds. The highest BCUT2D eigenvalue weighted by atomic mass is 35.5. The van der Waals surface area contributed by atoms with Crippen molar-refractivity contribution >= 4 is 34.1 Å². The summed E-state index contributed by atoms with van der Waals surface area (Å²) in [5.74, 6) is 7.57. The van der Waals surface area contributed by atoms with Crippen LogP contribution in [0.4, 0.5) is 0 Å². The lowest BCUT2D eigenvalue weighted by Crippen LogP contribution is -2.19. The summed E-state index contributed by atoms with van der Waals surface area (Å²) in [6, 6.07) is 4.08. The quantitative estimate of drug-likeness (QED) is 0.265. The number of rotatable bonds is 6. The molecule has 0 aliphatic carbocycles. The van der Waals surface area contributed by atoms with E-state index in [-0.39, 0.29) is 6.23 Å². The smallest absolute Gasteiger partial charge is 0.208 e. The molecule has 4 rings (SSSR count). The molecule has 1 saturated heterocycles. The van der Waals surface area contributed by atoms with E-state index in [1.54, 1.807) is 11.3 Å². The first kappa shape index (κ1) is 20.3. The summed E-state index contributed by atoms with van der Waals surface area (Å²) >= 11 is 8.14. The molecule has 1 atom stereocenters. The molecular formula is C22H25ClN4OS. The van der Waals surface area contributed by atoms with Crippen molar-refractivity contribution in [3.63, 3.8) is 0 Å². The van der Waals surface area contributed by atoms with Crippen molar-refractivity contribution in [2.75, 3.05) is 6.61 Å². The molecule has 0 N–H and O–H groups in total. The summed E-state index contributed by atoms with van der Waals surface area (Å²) in [7, 11) is 0. The molecule has 0 spiro atoms. The van der Waals surface area contributed by atoms with Gasteiger partial charge in [0.15, 0.2) is 16.6 Å². The Kier molecular flexibility index (Phi) is 6.81. The predicted octanol–water partition coefficient (Wildman–Crippen LogP) is 6.23. The number of aromatic nitrogens is 4. The molecule has 0 bridgehead atoms. The molecule has 3 aromatic rings. The van der Waals surface area contributed by atoms with E-state index in [9.17, 15) is 0 Å². The topological polar surface area (TPSA) is 52.8 Å². The summed E-state index contributed by atoms with van der Waals surface area (Å²) in [6.07, 6.45) is 8.69. The Bertz CT molecular complexity index is 1010. The van der Waals surface area contributed by atoms with Crippen LogP contribution in [0.1, 0.15) is 70.3 Å². The van der Waals surface area contributed by atoms with Gasteiger partial charge in [0.05, 0.1) is 4.88 Å². The second-order valence-corrected chi connectivity index (χ2v) is 8.53. The van der Waals surface area contributed by atoms with Gasteiger partial charge in [-0.15, -0.1) is 11.3 Å². The molecule has 0 saturated carbocycles. The second-order valence-electron chi connectivity index (χ2n) is 7.23. The van der Waals surface area contributed by atoms with Crippen LogP contribution >= 0.6 is 22.9 Å². The number of thiophene rings is 1. The molecule has 29 heavy (non-hydrogen) atoms. The van der Waals surface area contributed by atoms with E-state index in [1.165, 1.54) is 19.3 Å². The Morgan fingerprint density at radius 2 is 2.17 bits per heavy atom. The van der Waals surface area contributed by atoms with Gasteiger partial charge in [0.2, 0.25) is 5.82 Å². The zero-order valence-electron chi connectivity index (χ0n) is 16.7. The van der Waals surface area contributed by atoms with E-state index in [1.807, 2.05) is 11.4 Å². The first-order valence-corrected chi connectivity index (χ1v) is 11.6. The number of ether oxygens (including phenoxy) is 1. The largest absolute Gasteiger partial charge is 0.358 e. The van der Waals surface area contributed by atoms with Crippen LogP contribution in [0, 0.1) is 11.8 Å². The van der Waals surface area contributed by atoms with Gasteiger partial charge >= 0.3 is 0 Å². The average molecular weight is 429 g/mol. The molecule has 5 nitrogen and oxygen atoms in total. The normalized spacial score (nSPS) is 16.7. The fourth-order valence-corrected chi connectivity index (χ4v) is 4.48. The van der Waals surface area contributed by atoms with Crippen molar-refractivity contribution in [3.05, 3.63) is 28.5 Å². The predicted molar refractivity (Wildman–Crippen MR) is 118 cm³/mol. The fraction of sp³-hybridized carbons (Fsp3) is 0.500. The van der Waals surface area contributed by atoms with E-state index in [0.29, 0.717) is 22.1 Å². The molecule has 1 fully saturated rings. The summed E-state index contributed by atoms with van der Waals surface area (Å²) < 4.78 is 8.16. The van der Waals surface area contributed by atoms with Gasteiger partial charge in [0, 0.05) is 13.0 Å². The van der Waals surface area contributed by atoms with Gasteiger partial charge in [-0.05, 0) is 43.1 Å². The first-order chi connectivity index (χ1) is 14.3. The van der Waals surface area contributed by atoms with Crippen molar-refractivity contribution in [2.24, 2.45) is 0 Å². The van der Waals surface area contributed by atoms with Crippen LogP contribution < -0.4 is 0 Å². The number of unbranched alkanes of at least 4 members (excludes halogenated alkanes) is 4. The van der Waals surface area contributed by atoms with Gasteiger partial charge in [-0.1, -0.05) is 49.8 Å². The molecule has 7 heteroatoms. The highest BCUT2D eigenvalue weighted by Crippen LogP contribution is 2.35. The van der Waals surface area contributed by atoms with Gasteiger partial charge < -0.3 is 4.74 Å². The summed E-state index contributed by atoms with van der Waals surface area (Å²) in [5, 5.41) is 2.39. The fourth-order valence-electron chi connectivity index (χ4n) is 3.56. The van der Waals surface area contributed by atoms with E-state index >= 15 is 0 Å². The number of nitrogens with zero attached hydrogens (tertiary/aromatic N) is 4. The maximum atomic E-state index is 6.50. The Labute approximate surface area is 180 Å². The molecule has 0 radical (unpaired) electrons. The minimum absolute atomic E-state index is 0.0910. The number of fused-ring (bicyclic) bond motifs is 1. The van der Waals surface area contributed by atoms with Crippen molar-refractivity contribution in [1.29, 1.82) is 0 Å². The van der Waals surface area contributed by atoms with Crippen LogP contribution in [0.15, 0.2) is 17.5 Å². The third kappa shape index (κ3) is 4.63. The number of hydrogen-bond acceptors (Lipinski definition) is 5. The molecule has 152 valence electrons. The van der Waals surface area contributed by atoms with Crippen molar-refractivity contribution in [2.45, 2.75) is 64.5 Å². The van der Waals surface area contributed by atoms with Crippen LogP contribution in [0.25, 0.3) is 21.9 Å². The lowest BCUT2D eigenvalue weighted by molar-refractivity contribution is -0.0287. The maximum absolute atomic E-state index is 6.50. The number of halogens is 1. The summed E-state index contributed by atoms with van der Waals surface area (Å²) in [4.78, 5) is 15.0. The van der Waals surface area contributed by atoms with Gasteiger partial charge in [0.25, 0.3) is 0 Å². The average Bonchev–Trinajstić information content (AvgIpc) is 3.39. The Hall–Kier alpha value is -1.94. The highest BCUT2D eigenvalue weighted by molar-refractivity contribution is 7.13. The number of imidazole rings is 1. The molecule has 3 aromatic heterocycles. The van der Waals surface area contributed by atoms with Crippen LogP contribution in [0.5, 0.6) is 0 Å². The summed E-state index contributed by atoms with van der Waals surface area (Å²) in [6.45, 7) is 2.96. The van der Waals surface area contributed by atoms with Crippen molar-refractivity contribution in [1.82, 2.24) is 19.5 Å². The van der Waals surface area contributed by atoms with E-state index in [2.05, 4.69) is 34.4 Å². The molecule has 1 unspecified atom stereocenters. The van der Waals surface area contributed by atoms with E-state index in [0.717, 1.165) is 49.4 Å². The van der Waals surface area contributed by atoms with Crippen molar-refractivity contribution < 1.29 is 4.74 Å². The standard InChI is InChI=1S/C22H25ClN4OS/c1-2-3-4-5-6-7-12-17-24-20(23)19-22(25-17)27(18-13-8-9-14-28-18)21(26-19)16-11-10-15-29-16/h10-11,15,18H,2-6,8-9,13-14H2,1H3. The van der Waals surface area contributed by atoms with Crippen LogP contribution in [-0.2, 0) is 4.74 Å². The Morgan fingerprint density at radius 1 is 1.24 bits per heavy atom. The molecule has 1 aliphatic rings. The van der Waals surface area contributed by atoms with Gasteiger partial charge in [0.1, 0.15) is 11.7 Å². The van der Waals surface area contributed by atoms with Crippen LogP contribution in [0.2, 0.25) is 5.15 Å². The SMILES string of the molecule is CCCCCCC#Cc1nc(Cl)c2nc(-c3cccs3)n(C3CCCCO3)c2n1. The van der Waals surface area contributed by atoms with E-state index < -0.39 is 0 Å². The monoisotopic (exact) mass is 428 g/mol. The minimum Gasteiger partial charge on any atom is -0.358 e. The highest BCUT2D eigenvalue weighted by Gasteiger charge is 2.26. The minimum atomic E-state index is -0.0910. The molecule has 4 heterocycles. The lowest BCUT2D eigenvalue weighted by Gasteiger charge is -2.25. The third-order valence-corrected chi connectivity index (χ3v) is 6.17. The maximum Gasteiger partial charge on any atom is 0.208 e. The number of hydrogen-bond donors (Lipinski definition) is 0. The van der Waals surface area contributed by atoms with E-state index in [4.69, 9.17) is 26.3 Å². The first-order valence-electron chi connectivity index (χ1n) is 10.4. The van der Waals surface area contributed by atoms with Crippen LogP contribution in [0.3, 0.4) is 0 Å².